The second-order valence-electron chi connectivity index (χ2n) is 25.2. The lowest BCUT2D eigenvalue weighted by Gasteiger charge is -2.37. The molecule has 4 nitrogen and oxygen atoms in total. The fourth-order valence-electron chi connectivity index (χ4n) is 11.4. The van der Waals surface area contributed by atoms with E-state index in [0.29, 0.717) is 0 Å². The Morgan fingerprint density at radius 2 is 0.618 bits per heavy atom. The molecule has 0 N–H and O–H groups in total. The maximum absolute atomic E-state index is 2.56. The van der Waals surface area contributed by atoms with E-state index in [-0.39, 0.29) is 16.2 Å². The number of hydrogen-bond acceptors (Lipinski definition) is 3. The van der Waals surface area contributed by atoms with Gasteiger partial charge in [0, 0.05) is 67.4 Å². The average Bonchev–Trinajstić information content (AvgIpc) is 3.97. The van der Waals surface area contributed by atoms with Gasteiger partial charge in [0.05, 0.1) is 16.7 Å². The lowest BCUT2D eigenvalue weighted by molar-refractivity contribution is 0.590. The summed E-state index contributed by atoms with van der Waals surface area (Å²) >= 11 is 0. The van der Waals surface area contributed by atoms with Crippen LogP contribution in [0.25, 0.3) is 27.5 Å². The van der Waals surface area contributed by atoms with Crippen molar-refractivity contribution in [2.45, 2.75) is 119 Å². The van der Waals surface area contributed by atoms with E-state index in [2.05, 4.69) is 310 Å². The molecule has 1 aliphatic rings. The highest BCUT2D eigenvalue weighted by atomic mass is 15.2. The van der Waals surface area contributed by atoms with Crippen LogP contribution in [0.4, 0.5) is 51.2 Å². The fraction of sp³-hybridized carbons (Fsp3) is 0.250. The zero-order chi connectivity index (χ0) is 53.6. The predicted molar refractivity (Wildman–Crippen MR) is 327 cm³/mol. The quantitative estimate of drug-likeness (QED) is 0.143. The molecule has 4 heteroatoms. The van der Waals surface area contributed by atoms with Crippen molar-refractivity contribution in [1.29, 1.82) is 0 Å². The Kier molecular flexibility index (Phi) is 12.2. The number of fused-ring (bicyclic) bond motifs is 5. The molecule has 382 valence electrons. The van der Waals surface area contributed by atoms with Crippen LogP contribution < -0.4 is 14.7 Å². The van der Waals surface area contributed by atoms with Gasteiger partial charge < -0.3 is 19.3 Å². The third-order valence-corrected chi connectivity index (χ3v) is 16.0. The van der Waals surface area contributed by atoms with Gasteiger partial charge in [0.2, 0.25) is 0 Å². The van der Waals surface area contributed by atoms with E-state index in [4.69, 9.17) is 0 Å². The molecule has 0 radical (unpaired) electrons. The number of benzene rings is 9. The van der Waals surface area contributed by atoms with Gasteiger partial charge in [0.25, 0.3) is 0 Å². The Labute approximate surface area is 452 Å². The number of aromatic nitrogens is 1. The summed E-state index contributed by atoms with van der Waals surface area (Å²) in [5.41, 5.74) is 23.6. The number of hydrogen-bond donors (Lipinski definition) is 0. The van der Waals surface area contributed by atoms with Crippen LogP contribution in [0.15, 0.2) is 194 Å². The molecule has 2 heterocycles. The molecule has 0 atom stereocenters. The fourth-order valence-corrected chi connectivity index (χ4v) is 11.4. The van der Waals surface area contributed by atoms with Gasteiger partial charge in [-0.1, -0.05) is 166 Å². The first-order valence-corrected chi connectivity index (χ1v) is 27.2. The number of anilines is 9. The molecule has 0 bridgehead atoms. The van der Waals surface area contributed by atoms with Gasteiger partial charge in [-0.15, -0.1) is 0 Å². The maximum atomic E-state index is 2.56. The summed E-state index contributed by atoms with van der Waals surface area (Å²) in [4.78, 5) is 7.32. The summed E-state index contributed by atoms with van der Waals surface area (Å²) in [6.07, 6.45) is 0. The second kappa shape index (κ2) is 18.5. The third-order valence-electron chi connectivity index (χ3n) is 16.0. The minimum Gasteiger partial charge on any atom is -0.310 e. The summed E-state index contributed by atoms with van der Waals surface area (Å²) in [6, 6.07) is 73.8. The topological polar surface area (TPSA) is 14.7 Å². The third kappa shape index (κ3) is 9.06. The number of aryl methyl sites for hydroxylation is 3. The van der Waals surface area contributed by atoms with Gasteiger partial charge in [-0.3, -0.25) is 0 Å². The molecular formula is C72H74N4. The van der Waals surface area contributed by atoms with Crippen molar-refractivity contribution >= 4 is 73.0 Å². The monoisotopic (exact) mass is 995 g/mol. The van der Waals surface area contributed by atoms with Crippen LogP contribution in [0.2, 0.25) is 0 Å². The first kappa shape index (κ1) is 50.3. The molecule has 0 fully saturated rings. The molecule has 0 spiro atoms. The molecule has 76 heavy (non-hydrogen) atoms. The summed E-state index contributed by atoms with van der Waals surface area (Å²) in [7, 11) is 0. The van der Waals surface area contributed by atoms with Crippen LogP contribution in [0.3, 0.4) is 0 Å². The van der Waals surface area contributed by atoms with Gasteiger partial charge in [-0.2, -0.15) is 0 Å². The normalized spacial score (nSPS) is 13.2. The van der Waals surface area contributed by atoms with Crippen LogP contribution in [0.1, 0.15) is 121 Å². The lowest BCUT2D eigenvalue weighted by atomic mass is 9.74. The summed E-state index contributed by atoms with van der Waals surface area (Å²) < 4.78 is 2.56. The van der Waals surface area contributed by atoms with E-state index in [0.717, 1.165) is 51.2 Å². The van der Waals surface area contributed by atoms with Gasteiger partial charge in [-0.05, 0) is 186 Å². The molecule has 0 saturated heterocycles. The highest BCUT2D eigenvalue weighted by molar-refractivity contribution is 6.14. The van der Waals surface area contributed by atoms with Crippen LogP contribution in [0.5, 0.6) is 0 Å². The van der Waals surface area contributed by atoms with Crippen molar-refractivity contribution in [3.8, 4) is 5.69 Å². The number of rotatable bonds is 9. The molecular weight excluding hydrogens is 921 g/mol. The van der Waals surface area contributed by atoms with Crippen LogP contribution in [-0.2, 0) is 21.7 Å². The van der Waals surface area contributed by atoms with E-state index >= 15 is 0 Å². The van der Waals surface area contributed by atoms with Crippen molar-refractivity contribution in [1.82, 2.24) is 4.57 Å². The van der Waals surface area contributed by atoms with Crippen LogP contribution in [0, 0.1) is 20.8 Å². The predicted octanol–water partition coefficient (Wildman–Crippen LogP) is 20.7. The zero-order valence-corrected chi connectivity index (χ0v) is 47.3. The second-order valence-corrected chi connectivity index (χ2v) is 25.2. The van der Waals surface area contributed by atoms with Gasteiger partial charge in [0.15, 0.2) is 0 Å². The molecule has 0 amide bonds. The highest BCUT2D eigenvalue weighted by Gasteiger charge is 2.37. The van der Waals surface area contributed by atoms with Crippen LogP contribution >= 0.6 is 0 Å². The molecule has 11 rings (SSSR count). The molecule has 1 aromatic heterocycles. The Hall–Kier alpha value is -7.82. The minimum absolute atomic E-state index is 0.0259. The van der Waals surface area contributed by atoms with E-state index in [9.17, 15) is 0 Å². The van der Waals surface area contributed by atoms with Gasteiger partial charge in [-0.25, -0.2) is 0 Å². The Balaban J connectivity index is 1.18. The average molecular weight is 995 g/mol. The molecule has 10 aromatic rings. The van der Waals surface area contributed by atoms with Crippen LogP contribution in [-0.4, -0.2) is 4.57 Å². The molecule has 0 saturated carbocycles. The van der Waals surface area contributed by atoms with E-state index in [1.165, 1.54) is 72.0 Å². The standard InChI is InChI=1S/C72H74N4/c1-47-15-27-53(28-16-47)73(56-33-21-50(22-34-56)69(4,5)6)59-39-41-66-62(43-59)63-44-61(75(55-31-19-49(3)20-32-55)58-37-25-52(26-38-58)71(10,11)12)46-65-68(63)76(66)67-42-40-60(45-64(67)72(65,13)14)74(54-29-17-48(2)18-30-54)57-35-23-51(24-36-57)70(7,8)9/h15-46H,1-14H3. The van der Waals surface area contributed by atoms with Gasteiger partial charge in [0.1, 0.15) is 0 Å². The first-order chi connectivity index (χ1) is 36.0. The Morgan fingerprint density at radius 3 is 1.00 bits per heavy atom. The van der Waals surface area contributed by atoms with Crippen molar-refractivity contribution in [2.75, 3.05) is 14.7 Å². The Bertz CT molecular complexity index is 3760. The van der Waals surface area contributed by atoms with Crippen molar-refractivity contribution < 1.29 is 0 Å². The summed E-state index contributed by atoms with van der Waals surface area (Å²) in [5.74, 6) is 0. The maximum Gasteiger partial charge on any atom is 0.0583 e. The van der Waals surface area contributed by atoms with Crippen molar-refractivity contribution in [3.05, 3.63) is 239 Å². The lowest BCUT2D eigenvalue weighted by Crippen LogP contribution is -2.27. The highest BCUT2D eigenvalue weighted by Crippen LogP contribution is 2.53. The minimum atomic E-state index is -0.417. The molecule has 0 aliphatic carbocycles. The largest absolute Gasteiger partial charge is 0.310 e. The molecule has 0 unspecified atom stereocenters. The Morgan fingerprint density at radius 1 is 0.316 bits per heavy atom. The van der Waals surface area contributed by atoms with E-state index < -0.39 is 5.41 Å². The zero-order valence-electron chi connectivity index (χ0n) is 47.3. The molecule has 9 aromatic carbocycles. The van der Waals surface area contributed by atoms with E-state index in [1.54, 1.807) is 0 Å². The van der Waals surface area contributed by atoms with Gasteiger partial charge >= 0.3 is 0 Å². The SMILES string of the molecule is Cc1ccc(N(c2ccc(C(C)(C)C)cc2)c2ccc3c(c2)C(C)(C)c2cc(N(c4ccc(C)cc4)c4ccc(C(C)(C)C)cc4)cc4c5cc(N(c6ccc(C)cc6)c6ccc(C(C)(C)C)cc6)ccc5n-3c24)cc1. The van der Waals surface area contributed by atoms with Crippen molar-refractivity contribution in [3.63, 3.8) is 0 Å². The number of nitrogens with zero attached hydrogens (tertiary/aromatic N) is 4. The van der Waals surface area contributed by atoms with E-state index in [1.807, 2.05) is 0 Å². The summed E-state index contributed by atoms with van der Waals surface area (Å²) in [5, 5.41) is 2.43. The van der Waals surface area contributed by atoms with Crippen molar-refractivity contribution in [2.24, 2.45) is 0 Å². The smallest absolute Gasteiger partial charge is 0.0583 e. The first-order valence-electron chi connectivity index (χ1n) is 27.2. The summed E-state index contributed by atoms with van der Waals surface area (Å²) in [6.45, 7) is 31.9. The molecule has 1 aliphatic heterocycles.